The quantitative estimate of drug-likeness (QED) is 0.805. The van der Waals surface area contributed by atoms with E-state index in [0.717, 1.165) is 55.9 Å². The molecule has 1 aromatic carbocycles. The first-order valence-corrected chi connectivity index (χ1v) is 7.42. The third-order valence-electron chi connectivity index (χ3n) is 4.77. The van der Waals surface area contributed by atoms with Crippen LogP contribution < -0.4 is 4.90 Å². The summed E-state index contributed by atoms with van der Waals surface area (Å²) in [6, 6.07) is 12.1. The number of nitrogens with zero attached hydrogens (tertiary/aromatic N) is 3. The van der Waals surface area contributed by atoms with Crippen LogP contribution in [0.3, 0.4) is 0 Å². The molecule has 1 atom stereocenters. The summed E-state index contributed by atoms with van der Waals surface area (Å²) in [5.41, 5.74) is 1.91. The van der Waals surface area contributed by atoms with Crippen molar-refractivity contribution in [3.63, 3.8) is 0 Å². The minimum absolute atomic E-state index is 0.306. The summed E-state index contributed by atoms with van der Waals surface area (Å²) < 4.78 is 5.58. The maximum absolute atomic E-state index is 9.39. The molecular weight excluding hydrogens is 262 g/mol. The summed E-state index contributed by atoms with van der Waals surface area (Å²) >= 11 is 0. The molecule has 4 heteroatoms. The molecule has 2 fully saturated rings. The summed E-state index contributed by atoms with van der Waals surface area (Å²) in [7, 11) is 0. The summed E-state index contributed by atoms with van der Waals surface area (Å²) in [4.78, 5) is 7.06. The molecule has 0 aliphatic carbocycles. The second-order valence-electron chi connectivity index (χ2n) is 6.13. The van der Waals surface area contributed by atoms with Crippen molar-refractivity contribution < 1.29 is 4.74 Å². The number of fused-ring (bicyclic) bond motifs is 1. The molecule has 0 saturated carbocycles. The zero-order valence-corrected chi connectivity index (χ0v) is 11.9. The number of ether oxygens (including phenoxy) is 1. The normalized spacial score (nSPS) is 24.8. The van der Waals surface area contributed by atoms with E-state index in [4.69, 9.17) is 9.72 Å². The highest BCUT2D eigenvalue weighted by molar-refractivity contribution is 5.86. The second kappa shape index (κ2) is 4.71. The lowest BCUT2D eigenvalue weighted by Gasteiger charge is -2.23. The molecule has 0 amide bonds. The largest absolute Gasteiger partial charge is 0.381 e. The lowest BCUT2D eigenvalue weighted by molar-refractivity contribution is 0.160. The number of hydrogen-bond acceptors (Lipinski definition) is 4. The van der Waals surface area contributed by atoms with Crippen LogP contribution in [-0.4, -0.2) is 31.3 Å². The Balaban J connectivity index is 1.73. The highest BCUT2D eigenvalue weighted by Gasteiger charge is 2.41. The number of nitriles is 1. The van der Waals surface area contributed by atoms with Gasteiger partial charge >= 0.3 is 0 Å². The molecule has 2 aliphatic rings. The van der Waals surface area contributed by atoms with Crippen LogP contribution in [0.5, 0.6) is 0 Å². The van der Waals surface area contributed by atoms with E-state index in [1.807, 2.05) is 30.3 Å². The number of aromatic nitrogens is 1. The molecule has 0 radical (unpaired) electrons. The monoisotopic (exact) mass is 279 g/mol. The van der Waals surface area contributed by atoms with Crippen LogP contribution in [0, 0.1) is 16.7 Å². The average molecular weight is 279 g/mol. The van der Waals surface area contributed by atoms with E-state index in [0.29, 0.717) is 11.0 Å². The van der Waals surface area contributed by atoms with E-state index in [1.165, 1.54) is 0 Å². The maximum Gasteiger partial charge on any atom is 0.130 e. The van der Waals surface area contributed by atoms with Gasteiger partial charge in [-0.15, -0.1) is 0 Å². The van der Waals surface area contributed by atoms with Gasteiger partial charge in [-0.3, -0.25) is 0 Å². The molecule has 0 bridgehead atoms. The van der Waals surface area contributed by atoms with Gasteiger partial charge < -0.3 is 9.64 Å². The molecule has 0 N–H and O–H groups in total. The summed E-state index contributed by atoms with van der Waals surface area (Å²) in [6.45, 7) is 3.73. The van der Waals surface area contributed by atoms with Crippen LogP contribution >= 0.6 is 0 Å². The van der Waals surface area contributed by atoms with Crippen molar-refractivity contribution in [1.82, 2.24) is 4.98 Å². The minimum Gasteiger partial charge on any atom is -0.381 e. The van der Waals surface area contributed by atoms with Gasteiger partial charge in [0.25, 0.3) is 0 Å². The molecule has 1 aromatic heterocycles. The van der Waals surface area contributed by atoms with Crippen molar-refractivity contribution in [2.24, 2.45) is 5.41 Å². The molecular formula is C17H17N3O. The summed E-state index contributed by atoms with van der Waals surface area (Å²) in [6.07, 6.45) is 2.30. The van der Waals surface area contributed by atoms with E-state index in [9.17, 15) is 5.26 Å². The minimum atomic E-state index is 0.306. The predicted molar refractivity (Wildman–Crippen MR) is 81.2 cm³/mol. The van der Waals surface area contributed by atoms with Gasteiger partial charge in [-0.1, -0.05) is 18.2 Å². The lowest BCUT2D eigenvalue weighted by atomic mass is 9.87. The Hall–Kier alpha value is -2.12. The Bertz CT molecular complexity index is 728. The fraction of sp³-hybridized carbons (Fsp3) is 0.412. The van der Waals surface area contributed by atoms with Crippen LogP contribution in [0.1, 0.15) is 18.4 Å². The van der Waals surface area contributed by atoms with Crippen LogP contribution in [-0.2, 0) is 4.74 Å². The molecule has 21 heavy (non-hydrogen) atoms. The van der Waals surface area contributed by atoms with Gasteiger partial charge in [0.2, 0.25) is 0 Å². The zero-order valence-electron chi connectivity index (χ0n) is 11.9. The maximum atomic E-state index is 9.39. The van der Waals surface area contributed by atoms with Crippen LogP contribution in [0.4, 0.5) is 5.82 Å². The number of benzene rings is 1. The molecule has 2 aliphatic heterocycles. The van der Waals surface area contributed by atoms with Crippen molar-refractivity contribution in [3.05, 3.63) is 35.9 Å². The van der Waals surface area contributed by atoms with Gasteiger partial charge in [0.05, 0.1) is 23.8 Å². The van der Waals surface area contributed by atoms with Gasteiger partial charge in [0.15, 0.2) is 0 Å². The molecule has 1 spiro atoms. The van der Waals surface area contributed by atoms with E-state index in [1.54, 1.807) is 0 Å². The highest BCUT2D eigenvalue weighted by atomic mass is 16.5. The summed E-state index contributed by atoms with van der Waals surface area (Å²) in [5, 5.41) is 10.3. The summed E-state index contributed by atoms with van der Waals surface area (Å²) in [5.74, 6) is 0.925. The molecule has 2 saturated heterocycles. The first kappa shape index (κ1) is 12.6. The molecule has 4 rings (SSSR count). The predicted octanol–water partition coefficient (Wildman–Crippen LogP) is 2.72. The lowest BCUT2D eigenvalue weighted by Crippen LogP contribution is -2.28. The number of pyridine rings is 1. The van der Waals surface area contributed by atoms with E-state index in [-0.39, 0.29) is 0 Å². The first-order valence-electron chi connectivity index (χ1n) is 7.42. The molecule has 106 valence electrons. The molecule has 4 nitrogen and oxygen atoms in total. The standard InChI is InChI=1S/C17H17N3O/c18-10-13-9-16(19-15-4-2-1-3-14(13)15)20-7-5-17(11-20)6-8-21-12-17/h1-4,9H,5-8,11-12H2/t17-/m1/s1. The number of para-hydroxylation sites is 1. The van der Waals surface area contributed by atoms with E-state index in [2.05, 4.69) is 11.0 Å². The topological polar surface area (TPSA) is 49.2 Å². The Morgan fingerprint density at radius 2 is 2.19 bits per heavy atom. The van der Waals surface area contributed by atoms with Gasteiger partial charge in [0, 0.05) is 30.5 Å². The zero-order chi connectivity index (χ0) is 14.3. The third-order valence-corrected chi connectivity index (χ3v) is 4.77. The van der Waals surface area contributed by atoms with E-state index < -0.39 is 0 Å². The third kappa shape index (κ3) is 2.05. The van der Waals surface area contributed by atoms with Crippen LogP contribution in [0.25, 0.3) is 10.9 Å². The van der Waals surface area contributed by atoms with E-state index >= 15 is 0 Å². The first-order chi connectivity index (χ1) is 10.3. The Kier molecular flexibility index (Phi) is 2.83. The Morgan fingerprint density at radius 1 is 1.29 bits per heavy atom. The average Bonchev–Trinajstić information content (AvgIpc) is 3.17. The molecule has 0 unspecified atom stereocenters. The van der Waals surface area contributed by atoms with Gasteiger partial charge in [-0.05, 0) is 25.0 Å². The van der Waals surface area contributed by atoms with Crippen LogP contribution in [0.15, 0.2) is 30.3 Å². The Labute approximate surface area is 124 Å². The van der Waals surface area contributed by atoms with Crippen molar-refractivity contribution in [3.8, 4) is 6.07 Å². The van der Waals surface area contributed by atoms with Crippen molar-refractivity contribution in [2.45, 2.75) is 12.8 Å². The second-order valence-corrected chi connectivity index (χ2v) is 6.13. The SMILES string of the molecule is N#Cc1cc(N2CC[C@@]3(CCOC3)C2)nc2ccccc12. The number of anilines is 1. The molecule has 3 heterocycles. The van der Waals surface area contributed by atoms with Crippen LogP contribution in [0.2, 0.25) is 0 Å². The van der Waals surface area contributed by atoms with Gasteiger partial charge in [-0.2, -0.15) is 5.26 Å². The smallest absolute Gasteiger partial charge is 0.130 e. The molecule has 2 aromatic rings. The van der Waals surface area contributed by atoms with Crippen molar-refractivity contribution >= 4 is 16.7 Å². The fourth-order valence-electron chi connectivity index (χ4n) is 3.52. The highest BCUT2D eigenvalue weighted by Crippen LogP contribution is 2.40. The number of rotatable bonds is 1. The number of hydrogen-bond donors (Lipinski definition) is 0. The fourth-order valence-corrected chi connectivity index (χ4v) is 3.52. The van der Waals surface area contributed by atoms with Gasteiger partial charge in [-0.25, -0.2) is 4.98 Å². The van der Waals surface area contributed by atoms with Crippen molar-refractivity contribution in [1.29, 1.82) is 5.26 Å². The van der Waals surface area contributed by atoms with Crippen molar-refractivity contribution in [2.75, 3.05) is 31.2 Å². The Morgan fingerprint density at radius 3 is 3.00 bits per heavy atom. The van der Waals surface area contributed by atoms with Gasteiger partial charge in [0.1, 0.15) is 5.82 Å².